The van der Waals surface area contributed by atoms with E-state index in [-0.39, 0.29) is 37.2 Å². The number of aromatic nitrogens is 2. The van der Waals surface area contributed by atoms with Crippen LogP contribution in [0.1, 0.15) is 24.4 Å². The molecular formula is C15H18N4O4. The van der Waals surface area contributed by atoms with Crippen LogP contribution in [0.25, 0.3) is 0 Å². The molecule has 2 rings (SSSR count). The van der Waals surface area contributed by atoms with Crippen molar-refractivity contribution in [2.45, 2.75) is 25.4 Å². The third-order valence-electron chi connectivity index (χ3n) is 3.35. The van der Waals surface area contributed by atoms with Crippen molar-refractivity contribution in [2.75, 3.05) is 6.61 Å². The molecule has 0 aliphatic heterocycles. The highest BCUT2D eigenvalue weighted by atomic mass is 16.6. The molecule has 0 aliphatic carbocycles. The van der Waals surface area contributed by atoms with Crippen LogP contribution >= 0.6 is 0 Å². The van der Waals surface area contributed by atoms with E-state index in [9.17, 15) is 14.9 Å². The zero-order valence-electron chi connectivity index (χ0n) is 12.5. The number of nitro groups is 1. The molecule has 1 aromatic heterocycles. The Morgan fingerprint density at radius 2 is 2.13 bits per heavy atom. The van der Waals surface area contributed by atoms with Crippen LogP contribution in [0.3, 0.4) is 0 Å². The van der Waals surface area contributed by atoms with Crippen molar-refractivity contribution in [1.29, 1.82) is 0 Å². The van der Waals surface area contributed by atoms with Gasteiger partial charge in [-0.25, -0.2) is 0 Å². The highest BCUT2D eigenvalue weighted by Gasteiger charge is 2.15. The molecule has 0 bridgehead atoms. The minimum Gasteiger partial charge on any atom is -0.396 e. The number of aryl methyl sites for hydroxylation is 1. The van der Waals surface area contributed by atoms with Gasteiger partial charge in [0.1, 0.15) is 12.4 Å². The molecule has 2 aromatic rings. The Bertz CT molecular complexity index is 657. The second-order valence-electron chi connectivity index (χ2n) is 5.01. The molecule has 0 saturated carbocycles. The van der Waals surface area contributed by atoms with E-state index < -0.39 is 4.92 Å². The Balaban J connectivity index is 1.90. The summed E-state index contributed by atoms with van der Waals surface area (Å²) in [7, 11) is 0. The number of aliphatic hydroxyl groups is 1. The van der Waals surface area contributed by atoms with Crippen molar-refractivity contribution < 1.29 is 14.8 Å². The summed E-state index contributed by atoms with van der Waals surface area (Å²) < 4.78 is 1.36. The smallest absolute Gasteiger partial charge is 0.306 e. The fraction of sp³-hybridized carbons (Fsp3) is 0.333. The summed E-state index contributed by atoms with van der Waals surface area (Å²) in [5.41, 5.74) is 0.817. The Hall–Kier alpha value is -2.74. The van der Waals surface area contributed by atoms with Gasteiger partial charge in [-0.15, -0.1) is 0 Å². The number of carbonyl (C=O) groups is 1. The molecule has 0 aliphatic rings. The summed E-state index contributed by atoms with van der Waals surface area (Å²) in [4.78, 5) is 22.1. The van der Waals surface area contributed by atoms with Gasteiger partial charge in [0.15, 0.2) is 0 Å². The summed E-state index contributed by atoms with van der Waals surface area (Å²) in [5.74, 6) is -0.203. The molecule has 8 nitrogen and oxygen atoms in total. The van der Waals surface area contributed by atoms with Crippen LogP contribution in [0.2, 0.25) is 0 Å². The van der Waals surface area contributed by atoms with Crippen molar-refractivity contribution in [3.8, 4) is 0 Å². The molecule has 1 aromatic carbocycles. The Kier molecular flexibility index (Phi) is 5.81. The molecule has 0 fully saturated rings. The van der Waals surface area contributed by atoms with E-state index in [1.165, 1.54) is 10.9 Å². The van der Waals surface area contributed by atoms with E-state index in [4.69, 9.17) is 5.11 Å². The largest absolute Gasteiger partial charge is 0.396 e. The fourth-order valence-corrected chi connectivity index (χ4v) is 2.19. The van der Waals surface area contributed by atoms with Crippen molar-refractivity contribution in [1.82, 2.24) is 15.1 Å². The lowest BCUT2D eigenvalue weighted by Crippen LogP contribution is -2.29. The first-order valence-electron chi connectivity index (χ1n) is 7.22. The second-order valence-corrected chi connectivity index (χ2v) is 5.01. The molecule has 8 heteroatoms. The molecule has 23 heavy (non-hydrogen) atoms. The van der Waals surface area contributed by atoms with Gasteiger partial charge in [0.2, 0.25) is 5.91 Å². The highest BCUT2D eigenvalue weighted by Crippen LogP contribution is 2.16. The van der Waals surface area contributed by atoms with Gasteiger partial charge in [-0.1, -0.05) is 30.3 Å². The van der Waals surface area contributed by atoms with Gasteiger partial charge in [-0.3, -0.25) is 19.6 Å². The lowest BCUT2D eigenvalue weighted by Gasteiger charge is -2.18. The fourth-order valence-electron chi connectivity index (χ4n) is 2.19. The third kappa shape index (κ3) is 4.89. The summed E-state index contributed by atoms with van der Waals surface area (Å²) in [6.45, 7) is 0.214. The van der Waals surface area contributed by atoms with Crippen molar-refractivity contribution >= 4 is 11.6 Å². The van der Waals surface area contributed by atoms with Gasteiger partial charge in [0.05, 0.1) is 11.0 Å². The molecule has 122 valence electrons. The topological polar surface area (TPSA) is 110 Å². The Morgan fingerprint density at radius 1 is 1.39 bits per heavy atom. The van der Waals surface area contributed by atoms with Gasteiger partial charge >= 0.3 is 5.69 Å². The molecule has 1 atom stereocenters. The van der Waals surface area contributed by atoms with Crippen LogP contribution in [-0.4, -0.2) is 32.3 Å². The molecule has 1 amide bonds. The minimum absolute atomic E-state index is 0.0365. The zero-order chi connectivity index (χ0) is 16.7. The first-order chi connectivity index (χ1) is 11.1. The summed E-state index contributed by atoms with van der Waals surface area (Å²) in [6.07, 6.45) is 3.00. The van der Waals surface area contributed by atoms with E-state index in [1.54, 1.807) is 0 Å². The van der Waals surface area contributed by atoms with Gasteiger partial charge in [-0.2, -0.15) is 5.10 Å². The summed E-state index contributed by atoms with van der Waals surface area (Å²) in [6, 6.07) is 9.13. The number of aliphatic hydroxyl groups excluding tert-OH is 1. The van der Waals surface area contributed by atoms with Crippen molar-refractivity contribution in [3.05, 3.63) is 58.4 Å². The van der Waals surface area contributed by atoms with Gasteiger partial charge < -0.3 is 10.4 Å². The first kappa shape index (κ1) is 16.6. The van der Waals surface area contributed by atoms with E-state index in [0.29, 0.717) is 6.42 Å². The number of rotatable bonds is 8. The van der Waals surface area contributed by atoms with Crippen LogP contribution in [0.5, 0.6) is 0 Å². The van der Waals surface area contributed by atoms with E-state index in [2.05, 4.69) is 10.4 Å². The van der Waals surface area contributed by atoms with Crippen molar-refractivity contribution in [2.24, 2.45) is 0 Å². The van der Waals surface area contributed by atoms with Crippen LogP contribution < -0.4 is 5.32 Å². The predicted octanol–water partition coefficient (Wildman–Crippen LogP) is 1.42. The molecule has 1 unspecified atom stereocenters. The number of hydrogen-bond acceptors (Lipinski definition) is 5. The molecule has 0 saturated heterocycles. The van der Waals surface area contributed by atoms with Crippen LogP contribution in [0, 0.1) is 10.1 Å². The maximum absolute atomic E-state index is 12.0. The highest BCUT2D eigenvalue weighted by molar-refractivity contribution is 5.76. The van der Waals surface area contributed by atoms with E-state index >= 15 is 0 Å². The van der Waals surface area contributed by atoms with Crippen LogP contribution in [0.15, 0.2) is 42.7 Å². The molecular weight excluding hydrogens is 300 g/mol. The maximum atomic E-state index is 12.0. The van der Waals surface area contributed by atoms with E-state index in [0.717, 1.165) is 11.8 Å². The Morgan fingerprint density at radius 3 is 2.74 bits per heavy atom. The average molecular weight is 318 g/mol. The molecule has 1 heterocycles. The number of nitrogens with zero attached hydrogens (tertiary/aromatic N) is 3. The number of amides is 1. The Labute approximate surface area is 132 Å². The predicted molar refractivity (Wildman–Crippen MR) is 82.5 cm³/mol. The number of carbonyl (C=O) groups excluding carboxylic acids is 1. The van der Waals surface area contributed by atoms with Crippen molar-refractivity contribution in [3.63, 3.8) is 0 Å². The average Bonchev–Trinajstić information content (AvgIpc) is 3.03. The summed E-state index contributed by atoms with van der Waals surface area (Å²) >= 11 is 0. The van der Waals surface area contributed by atoms with Gasteiger partial charge in [0, 0.05) is 19.6 Å². The van der Waals surface area contributed by atoms with Gasteiger partial charge in [-0.05, 0) is 12.0 Å². The van der Waals surface area contributed by atoms with Gasteiger partial charge in [0.25, 0.3) is 0 Å². The molecule has 0 radical (unpaired) electrons. The SMILES string of the molecule is O=C(CCn1cc([N+](=O)[O-])cn1)NC(CCO)c1ccccc1. The number of nitrogens with one attached hydrogen (secondary N) is 1. The number of hydrogen-bond donors (Lipinski definition) is 2. The maximum Gasteiger partial charge on any atom is 0.306 e. The lowest BCUT2D eigenvalue weighted by molar-refractivity contribution is -0.385. The second kappa shape index (κ2) is 8.04. The normalized spacial score (nSPS) is 11.9. The monoisotopic (exact) mass is 318 g/mol. The van der Waals surface area contributed by atoms with Crippen LogP contribution in [-0.2, 0) is 11.3 Å². The standard InChI is InChI=1S/C15H18N4O4/c20-9-7-14(12-4-2-1-3-5-12)17-15(21)6-8-18-11-13(10-16-18)19(22)23/h1-5,10-11,14,20H,6-9H2,(H,17,21). The summed E-state index contributed by atoms with van der Waals surface area (Å²) in [5, 5.41) is 26.4. The first-order valence-corrected chi connectivity index (χ1v) is 7.22. The minimum atomic E-state index is -0.531. The van der Waals surface area contributed by atoms with E-state index in [1.807, 2.05) is 30.3 Å². The lowest BCUT2D eigenvalue weighted by atomic mass is 10.0. The zero-order valence-corrected chi connectivity index (χ0v) is 12.5. The number of benzene rings is 1. The molecule has 0 spiro atoms. The third-order valence-corrected chi connectivity index (χ3v) is 3.35. The van der Waals surface area contributed by atoms with Crippen LogP contribution in [0.4, 0.5) is 5.69 Å². The molecule has 2 N–H and O–H groups in total. The quantitative estimate of drug-likeness (QED) is 0.565.